The van der Waals surface area contributed by atoms with Gasteiger partial charge in [-0.3, -0.25) is 0 Å². The summed E-state index contributed by atoms with van der Waals surface area (Å²) in [5, 5.41) is 31.3. The molecule has 168 valence electrons. The van der Waals surface area contributed by atoms with Gasteiger partial charge in [0.05, 0.1) is 23.4 Å². The van der Waals surface area contributed by atoms with E-state index in [9.17, 15) is 15.3 Å². The maximum atomic E-state index is 11.1. The van der Waals surface area contributed by atoms with Crippen LogP contribution in [0, 0.1) is 3.57 Å². The molecule has 0 fully saturated rings. The van der Waals surface area contributed by atoms with Gasteiger partial charge in [0.15, 0.2) is 23.0 Å². The summed E-state index contributed by atoms with van der Waals surface area (Å²) in [6.07, 6.45) is 1.92. The molecule has 0 atom stereocenters. The molecule has 3 aromatic carbocycles. The molecular weight excluding hydrogens is 523 g/mol. The fourth-order valence-electron chi connectivity index (χ4n) is 3.29. The lowest BCUT2D eigenvalue weighted by atomic mass is 9.96. The van der Waals surface area contributed by atoms with Crippen molar-refractivity contribution < 1.29 is 29.5 Å². The van der Waals surface area contributed by atoms with E-state index in [-0.39, 0.29) is 23.0 Å². The van der Waals surface area contributed by atoms with Gasteiger partial charge in [0.1, 0.15) is 18.1 Å². The lowest BCUT2D eigenvalue weighted by Crippen LogP contribution is -1.99. The second kappa shape index (κ2) is 10.0. The van der Waals surface area contributed by atoms with Gasteiger partial charge in [0.25, 0.3) is 0 Å². The van der Waals surface area contributed by atoms with Crippen LogP contribution in [-0.4, -0.2) is 36.1 Å². The molecule has 0 unspecified atom stereocenters. The molecule has 7 heteroatoms. The van der Waals surface area contributed by atoms with E-state index < -0.39 is 0 Å². The number of hydrogen-bond donors (Lipinski definition) is 3. The number of methoxy groups -OCH3 is 2. The van der Waals surface area contributed by atoms with E-state index in [2.05, 4.69) is 22.6 Å². The number of phenols is 3. The highest BCUT2D eigenvalue weighted by molar-refractivity contribution is 14.1. The molecule has 0 spiro atoms. The van der Waals surface area contributed by atoms with Crippen molar-refractivity contribution in [2.45, 2.75) is 13.8 Å². The largest absolute Gasteiger partial charge is 0.508 e. The third-order valence-electron chi connectivity index (χ3n) is 4.85. The van der Waals surface area contributed by atoms with E-state index in [0.29, 0.717) is 38.4 Å². The van der Waals surface area contributed by atoms with Crippen LogP contribution in [-0.2, 0) is 0 Å². The Morgan fingerprint density at radius 3 is 2.16 bits per heavy atom. The predicted octanol–water partition coefficient (Wildman–Crippen LogP) is 6.10. The van der Waals surface area contributed by atoms with E-state index in [1.807, 2.05) is 19.9 Å². The highest BCUT2D eigenvalue weighted by Gasteiger charge is 2.23. The van der Waals surface area contributed by atoms with Gasteiger partial charge in [-0.2, -0.15) is 0 Å². The zero-order chi connectivity index (χ0) is 23.4. The maximum Gasteiger partial charge on any atom is 0.174 e. The van der Waals surface area contributed by atoms with Gasteiger partial charge in [0.2, 0.25) is 0 Å². The molecule has 0 aliphatic rings. The Kier molecular flexibility index (Phi) is 7.40. The zero-order valence-electron chi connectivity index (χ0n) is 18.3. The van der Waals surface area contributed by atoms with Gasteiger partial charge in [-0.1, -0.05) is 17.7 Å². The van der Waals surface area contributed by atoms with Crippen LogP contribution in [0.25, 0.3) is 22.3 Å². The van der Waals surface area contributed by atoms with Crippen molar-refractivity contribution in [1.29, 1.82) is 0 Å². The van der Waals surface area contributed by atoms with Gasteiger partial charge in [-0.15, -0.1) is 0 Å². The Balaban J connectivity index is 2.13. The number of ether oxygens (including phenoxy) is 3. The summed E-state index contributed by atoms with van der Waals surface area (Å²) in [6, 6.07) is 11.6. The molecule has 0 amide bonds. The van der Waals surface area contributed by atoms with Gasteiger partial charge < -0.3 is 29.5 Å². The normalized spacial score (nSPS) is 10.5. The van der Waals surface area contributed by atoms with Crippen LogP contribution in [0.1, 0.15) is 13.8 Å². The van der Waals surface area contributed by atoms with Gasteiger partial charge in [0, 0.05) is 5.56 Å². The van der Waals surface area contributed by atoms with E-state index in [1.165, 1.54) is 20.3 Å². The van der Waals surface area contributed by atoms with Crippen LogP contribution in [0.5, 0.6) is 34.5 Å². The van der Waals surface area contributed by atoms with Crippen molar-refractivity contribution in [1.82, 2.24) is 0 Å². The Morgan fingerprint density at radius 1 is 0.906 bits per heavy atom. The van der Waals surface area contributed by atoms with Crippen molar-refractivity contribution in [3.8, 4) is 56.8 Å². The Hall–Kier alpha value is -3.07. The summed E-state index contributed by atoms with van der Waals surface area (Å²) in [7, 11) is 2.98. The van der Waals surface area contributed by atoms with Crippen molar-refractivity contribution in [2.75, 3.05) is 20.8 Å². The highest BCUT2D eigenvalue weighted by Crippen LogP contribution is 2.51. The molecule has 0 aromatic heterocycles. The van der Waals surface area contributed by atoms with Crippen LogP contribution in [0.2, 0.25) is 0 Å². The average Bonchev–Trinajstić information content (AvgIpc) is 2.75. The first-order valence-electron chi connectivity index (χ1n) is 9.83. The molecule has 0 saturated heterocycles. The molecule has 0 saturated carbocycles. The van der Waals surface area contributed by atoms with E-state index in [0.717, 1.165) is 11.1 Å². The van der Waals surface area contributed by atoms with Gasteiger partial charge in [-0.05, 0) is 84.0 Å². The van der Waals surface area contributed by atoms with E-state index >= 15 is 0 Å². The average molecular weight is 548 g/mol. The zero-order valence-corrected chi connectivity index (χ0v) is 20.4. The monoisotopic (exact) mass is 548 g/mol. The minimum absolute atomic E-state index is 0.0444. The summed E-state index contributed by atoms with van der Waals surface area (Å²) in [5.74, 6) is 1.00. The summed E-state index contributed by atoms with van der Waals surface area (Å²) in [4.78, 5) is 0. The summed E-state index contributed by atoms with van der Waals surface area (Å²) < 4.78 is 17.5. The summed E-state index contributed by atoms with van der Waals surface area (Å²) in [5.41, 5.74) is 3.39. The second-order valence-electron chi connectivity index (χ2n) is 7.33. The third kappa shape index (κ3) is 4.88. The first-order chi connectivity index (χ1) is 15.3. The van der Waals surface area contributed by atoms with Crippen molar-refractivity contribution in [3.63, 3.8) is 0 Å². The smallest absolute Gasteiger partial charge is 0.174 e. The van der Waals surface area contributed by atoms with Crippen LogP contribution < -0.4 is 14.2 Å². The summed E-state index contributed by atoms with van der Waals surface area (Å²) in [6.45, 7) is 4.29. The van der Waals surface area contributed by atoms with Crippen LogP contribution in [0.15, 0.2) is 54.1 Å². The molecule has 0 heterocycles. The lowest BCUT2D eigenvalue weighted by molar-refractivity contribution is 0.333. The quantitative estimate of drug-likeness (QED) is 0.244. The number of rotatable bonds is 7. The molecule has 0 aliphatic carbocycles. The molecule has 32 heavy (non-hydrogen) atoms. The van der Waals surface area contributed by atoms with E-state index in [1.54, 1.807) is 36.4 Å². The fraction of sp³-hybridized carbons (Fsp3) is 0.200. The predicted molar refractivity (Wildman–Crippen MR) is 133 cm³/mol. The lowest BCUT2D eigenvalue weighted by Gasteiger charge is -2.19. The SMILES string of the molecule is COc1cc(-c2ccc(O)cc2)c(OC)c(O)c1-c1cc(O)c(OCC=C(C)C)c(I)c1. The molecule has 0 aliphatic heterocycles. The summed E-state index contributed by atoms with van der Waals surface area (Å²) >= 11 is 2.08. The number of benzene rings is 3. The molecule has 0 radical (unpaired) electrons. The Labute approximate surface area is 200 Å². The Morgan fingerprint density at radius 2 is 1.59 bits per heavy atom. The standard InChI is InChI=1S/C25H25IO6/c1-14(2)9-10-32-25-19(26)11-16(12-20(25)28)22-21(30-3)13-18(24(31-4)23(22)29)15-5-7-17(27)8-6-15/h5-9,11-13,27-29H,10H2,1-4H3. The van der Waals surface area contributed by atoms with Gasteiger partial charge >= 0.3 is 0 Å². The fourth-order valence-corrected chi connectivity index (χ4v) is 4.05. The van der Waals surface area contributed by atoms with Crippen molar-refractivity contribution >= 4 is 22.6 Å². The number of allylic oxidation sites excluding steroid dienone is 1. The molecule has 6 nitrogen and oxygen atoms in total. The number of phenolic OH excluding ortho intramolecular Hbond substituents is 3. The molecular formula is C25H25IO6. The third-order valence-corrected chi connectivity index (χ3v) is 5.65. The molecule has 3 aromatic rings. The molecule has 0 bridgehead atoms. The highest BCUT2D eigenvalue weighted by atomic mass is 127. The number of hydrogen-bond acceptors (Lipinski definition) is 6. The van der Waals surface area contributed by atoms with Crippen LogP contribution >= 0.6 is 22.6 Å². The minimum Gasteiger partial charge on any atom is -0.508 e. The van der Waals surface area contributed by atoms with Crippen molar-refractivity contribution in [2.24, 2.45) is 0 Å². The number of halogens is 1. The van der Waals surface area contributed by atoms with Crippen LogP contribution in [0.4, 0.5) is 0 Å². The first-order valence-corrected chi connectivity index (χ1v) is 10.9. The second-order valence-corrected chi connectivity index (χ2v) is 8.49. The Bertz CT molecular complexity index is 1130. The van der Waals surface area contributed by atoms with Crippen molar-refractivity contribution in [3.05, 3.63) is 57.7 Å². The minimum atomic E-state index is -0.122. The van der Waals surface area contributed by atoms with Gasteiger partial charge in [-0.25, -0.2) is 0 Å². The maximum absolute atomic E-state index is 11.1. The first kappa shape index (κ1) is 23.6. The van der Waals surface area contributed by atoms with Crippen LogP contribution in [0.3, 0.4) is 0 Å². The molecule has 3 rings (SSSR count). The number of aromatic hydroxyl groups is 3. The topological polar surface area (TPSA) is 88.4 Å². The molecule has 3 N–H and O–H groups in total. The van der Waals surface area contributed by atoms with E-state index in [4.69, 9.17) is 14.2 Å².